The monoisotopic (exact) mass is 250 g/mol. The molecular formula is C11H7ClN2O3. The Labute approximate surface area is 101 Å². The fourth-order valence-electron chi connectivity index (χ4n) is 1.87. The van der Waals surface area contributed by atoms with Crippen LogP contribution in [-0.4, -0.2) is 20.6 Å². The normalized spacial score (nSPS) is 12.5. The first kappa shape index (κ1) is 10.2. The summed E-state index contributed by atoms with van der Waals surface area (Å²) < 4.78 is 7.16. The number of imidazole rings is 1. The minimum Gasteiger partial charge on any atom is -0.483 e. The molecule has 0 spiro atoms. The van der Waals surface area contributed by atoms with Gasteiger partial charge in [0.15, 0.2) is 11.4 Å². The lowest BCUT2D eigenvalue weighted by Gasteiger charge is -2.20. The average molecular weight is 251 g/mol. The minimum absolute atomic E-state index is 0.00984. The number of benzene rings is 1. The summed E-state index contributed by atoms with van der Waals surface area (Å²) in [5.41, 5.74) is 1.24. The molecular weight excluding hydrogens is 244 g/mol. The van der Waals surface area contributed by atoms with Crippen LogP contribution in [0.5, 0.6) is 5.75 Å². The van der Waals surface area contributed by atoms with Crippen LogP contribution in [0.2, 0.25) is 5.02 Å². The third-order valence-electron chi connectivity index (χ3n) is 2.63. The van der Waals surface area contributed by atoms with Gasteiger partial charge in [0.2, 0.25) is 0 Å². The van der Waals surface area contributed by atoms with Crippen LogP contribution in [0.3, 0.4) is 0 Å². The molecule has 17 heavy (non-hydrogen) atoms. The van der Waals surface area contributed by atoms with E-state index in [0.29, 0.717) is 22.2 Å². The number of aromatic nitrogens is 2. The molecule has 0 radical (unpaired) electrons. The summed E-state index contributed by atoms with van der Waals surface area (Å²) in [5.74, 6) is -0.510. The van der Waals surface area contributed by atoms with E-state index in [-0.39, 0.29) is 12.3 Å². The largest absolute Gasteiger partial charge is 0.483 e. The summed E-state index contributed by atoms with van der Waals surface area (Å²) in [4.78, 5) is 14.8. The van der Waals surface area contributed by atoms with Crippen LogP contribution >= 0.6 is 11.6 Å². The van der Waals surface area contributed by atoms with E-state index in [0.717, 1.165) is 0 Å². The molecule has 5 nitrogen and oxygen atoms in total. The van der Waals surface area contributed by atoms with Gasteiger partial charge in [0.05, 0.1) is 16.4 Å². The van der Waals surface area contributed by atoms with Crippen molar-refractivity contribution in [3.63, 3.8) is 0 Å². The van der Waals surface area contributed by atoms with Crippen molar-refractivity contribution in [1.29, 1.82) is 0 Å². The summed E-state index contributed by atoms with van der Waals surface area (Å²) >= 11 is 6.00. The highest BCUT2D eigenvalue weighted by molar-refractivity contribution is 6.32. The number of rotatable bonds is 1. The molecule has 0 fully saturated rings. The molecule has 0 saturated carbocycles. The van der Waals surface area contributed by atoms with Crippen LogP contribution in [0.15, 0.2) is 24.5 Å². The Morgan fingerprint density at radius 2 is 2.35 bits per heavy atom. The molecule has 0 amide bonds. The van der Waals surface area contributed by atoms with Gasteiger partial charge in [-0.3, -0.25) is 4.57 Å². The van der Waals surface area contributed by atoms with Gasteiger partial charge >= 0.3 is 5.97 Å². The van der Waals surface area contributed by atoms with Gasteiger partial charge in [-0.1, -0.05) is 17.7 Å². The zero-order valence-electron chi connectivity index (χ0n) is 8.55. The van der Waals surface area contributed by atoms with E-state index in [2.05, 4.69) is 4.98 Å². The molecule has 1 aromatic heterocycles. The Balaban J connectivity index is 2.25. The maximum absolute atomic E-state index is 11.0. The zero-order valence-corrected chi connectivity index (χ0v) is 9.31. The SMILES string of the molecule is O=C(O)c1ncn2c1COc1c(Cl)cccc1-2. The molecule has 2 heterocycles. The first-order valence-electron chi connectivity index (χ1n) is 4.89. The van der Waals surface area contributed by atoms with Crippen molar-refractivity contribution in [1.82, 2.24) is 9.55 Å². The quantitative estimate of drug-likeness (QED) is 0.842. The van der Waals surface area contributed by atoms with Crippen LogP contribution in [0, 0.1) is 0 Å². The summed E-state index contributed by atoms with van der Waals surface area (Å²) in [7, 11) is 0. The number of aromatic carboxylic acids is 1. The number of ether oxygens (including phenoxy) is 1. The molecule has 0 unspecified atom stereocenters. The summed E-state index contributed by atoms with van der Waals surface area (Å²) in [6.45, 7) is 0.151. The summed E-state index contributed by atoms with van der Waals surface area (Å²) in [6, 6.07) is 5.30. The molecule has 0 aliphatic carbocycles. The van der Waals surface area contributed by atoms with Crippen LogP contribution in [0.25, 0.3) is 5.69 Å². The fourth-order valence-corrected chi connectivity index (χ4v) is 2.09. The zero-order chi connectivity index (χ0) is 12.0. The van der Waals surface area contributed by atoms with E-state index in [9.17, 15) is 4.79 Å². The first-order chi connectivity index (χ1) is 8.18. The first-order valence-corrected chi connectivity index (χ1v) is 5.27. The van der Waals surface area contributed by atoms with Crippen molar-refractivity contribution in [3.8, 4) is 11.4 Å². The standard InChI is InChI=1S/C11H7ClN2O3/c12-6-2-1-3-7-10(6)17-4-8-9(11(15)16)13-5-14(7)8/h1-3,5H,4H2,(H,15,16). The maximum atomic E-state index is 11.0. The second-order valence-corrected chi connectivity index (χ2v) is 4.00. The predicted molar refractivity (Wildman–Crippen MR) is 59.9 cm³/mol. The number of fused-ring (bicyclic) bond motifs is 3. The highest BCUT2D eigenvalue weighted by atomic mass is 35.5. The van der Waals surface area contributed by atoms with Crippen molar-refractivity contribution >= 4 is 17.6 Å². The van der Waals surface area contributed by atoms with Gasteiger partial charge in [-0.15, -0.1) is 0 Å². The topological polar surface area (TPSA) is 64.3 Å². The Kier molecular flexibility index (Phi) is 2.09. The van der Waals surface area contributed by atoms with Gasteiger partial charge in [-0.25, -0.2) is 9.78 Å². The molecule has 1 aliphatic heterocycles. The Hall–Kier alpha value is -2.01. The Bertz CT molecular complexity index is 621. The van der Waals surface area contributed by atoms with Gasteiger partial charge in [0.1, 0.15) is 12.9 Å². The second kappa shape index (κ2) is 3.49. The van der Waals surface area contributed by atoms with Crippen molar-refractivity contribution < 1.29 is 14.6 Å². The van der Waals surface area contributed by atoms with Gasteiger partial charge in [0.25, 0.3) is 0 Å². The molecule has 1 aromatic carbocycles. The number of hydrogen-bond donors (Lipinski definition) is 1. The molecule has 2 aromatic rings. The number of para-hydroxylation sites is 1. The van der Waals surface area contributed by atoms with Gasteiger partial charge in [-0.2, -0.15) is 0 Å². The lowest BCUT2D eigenvalue weighted by Crippen LogP contribution is -2.15. The number of carboxylic acids is 1. The number of hydrogen-bond acceptors (Lipinski definition) is 3. The predicted octanol–water partition coefficient (Wildman–Crippen LogP) is 2.12. The van der Waals surface area contributed by atoms with E-state index in [1.165, 1.54) is 6.33 Å². The highest BCUT2D eigenvalue weighted by Crippen LogP contribution is 2.36. The highest BCUT2D eigenvalue weighted by Gasteiger charge is 2.25. The lowest BCUT2D eigenvalue weighted by atomic mass is 10.2. The second-order valence-electron chi connectivity index (χ2n) is 3.59. The number of nitrogens with zero attached hydrogens (tertiary/aromatic N) is 2. The average Bonchev–Trinajstić information content (AvgIpc) is 2.73. The fraction of sp³-hybridized carbons (Fsp3) is 0.0909. The van der Waals surface area contributed by atoms with E-state index in [1.807, 2.05) is 0 Å². The number of carboxylic acid groups (broad SMARTS) is 1. The van der Waals surface area contributed by atoms with Crippen LogP contribution in [0.4, 0.5) is 0 Å². The van der Waals surface area contributed by atoms with Gasteiger partial charge < -0.3 is 9.84 Å². The smallest absolute Gasteiger partial charge is 0.356 e. The van der Waals surface area contributed by atoms with Crippen molar-refractivity contribution in [3.05, 3.63) is 40.9 Å². The number of carbonyl (C=O) groups is 1. The summed E-state index contributed by atoms with van der Waals surface area (Å²) in [6.07, 6.45) is 1.47. The van der Waals surface area contributed by atoms with Crippen LogP contribution in [-0.2, 0) is 6.61 Å². The molecule has 0 atom stereocenters. The van der Waals surface area contributed by atoms with Crippen LogP contribution < -0.4 is 4.74 Å². The van der Waals surface area contributed by atoms with E-state index < -0.39 is 5.97 Å². The molecule has 1 aliphatic rings. The third-order valence-corrected chi connectivity index (χ3v) is 2.93. The van der Waals surface area contributed by atoms with E-state index in [1.54, 1.807) is 22.8 Å². The maximum Gasteiger partial charge on any atom is 0.356 e. The molecule has 3 rings (SSSR count). The van der Waals surface area contributed by atoms with Crippen molar-refractivity contribution in [2.45, 2.75) is 6.61 Å². The molecule has 1 N–H and O–H groups in total. The number of halogens is 1. The van der Waals surface area contributed by atoms with Gasteiger partial charge in [0, 0.05) is 0 Å². The van der Waals surface area contributed by atoms with E-state index >= 15 is 0 Å². The van der Waals surface area contributed by atoms with E-state index in [4.69, 9.17) is 21.4 Å². The minimum atomic E-state index is -1.06. The Morgan fingerprint density at radius 1 is 1.53 bits per heavy atom. The molecule has 0 saturated heterocycles. The molecule has 6 heteroatoms. The summed E-state index contributed by atoms with van der Waals surface area (Å²) in [5, 5.41) is 9.47. The van der Waals surface area contributed by atoms with Gasteiger partial charge in [-0.05, 0) is 12.1 Å². The Morgan fingerprint density at radius 3 is 3.12 bits per heavy atom. The van der Waals surface area contributed by atoms with Crippen molar-refractivity contribution in [2.75, 3.05) is 0 Å². The molecule has 86 valence electrons. The molecule has 0 bridgehead atoms. The lowest BCUT2D eigenvalue weighted by molar-refractivity contribution is 0.0687. The third kappa shape index (κ3) is 1.39. The van der Waals surface area contributed by atoms with Crippen LogP contribution in [0.1, 0.15) is 16.2 Å². The van der Waals surface area contributed by atoms with Crippen molar-refractivity contribution in [2.24, 2.45) is 0 Å².